The van der Waals surface area contributed by atoms with Gasteiger partial charge >= 0.3 is 0 Å². The summed E-state index contributed by atoms with van der Waals surface area (Å²) in [6.07, 6.45) is 3.42. The summed E-state index contributed by atoms with van der Waals surface area (Å²) in [7, 11) is 1.59. The molecular formula is C14H19BrN2O2. The van der Waals surface area contributed by atoms with E-state index in [0.29, 0.717) is 23.9 Å². The molecule has 5 heteroatoms. The van der Waals surface area contributed by atoms with E-state index in [0.717, 1.165) is 17.4 Å². The highest BCUT2D eigenvalue weighted by Gasteiger charge is 2.15. The van der Waals surface area contributed by atoms with Crippen LogP contribution in [-0.2, 0) is 0 Å². The van der Waals surface area contributed by atoms with Gasteiger partial charge in [-0.25, -0.2) is 0 Å². The normalized spacial score (nSPS) is 18.3. The van der Waals surface area contributed by atoms with Gasteiger partial charge in [0.15, 0.2) is 0 Å². The van der Waals surface area contributed by atoms with E-state index < -0.39 is 0 Å². The first kappa shape index (κ1) is 14.3. The summed E-state index contributed by atoms with van der Waals surface area (Å²) in [5.74, 6) is 0.620. The van der Waals surface area contributed by atoms with Gasteiger partial charge in [-0.15, -0.1) is 0 Å². The minimum atomic E-state index is -0.0660. The monoisotopic (exact) mass is 326 g/mol. The quantitative estimate of drug-likeness (QED) is 0.873. The summed E-state index contributed by atoms with van der Waals surface area (Å²) < 4.78 is 5.92. The summed E-state index contributed by atoms with van der Waals surface area (Å²) in [5, 5.41) is 6.37. The zero-order valence-corrected chi connectivity index (χ0v) is 12.6. The molecule has 1 fully saturated rings. The molecule has 1 aliphatic heterocycles. The summed E-state index contributed by atoms with van der Waals surface area (Å²) in [5.41, 5.74) is 0.610. The molecule has 4 nitrogen and oxygen atoms in total. The smallest absolute Gasteiger partial charge is 0.252 e. The Labute approximate surface area is 122 Å². The highest BCUT2D eigenvalue weighted by Crippen LogP contribution is 2.22. The molecule has 1 aliphatic rings. The van der Waals surface area contributed by atoms with Crippen molar-refractivity contribution in [2.75, 3.05) is 20.2 Å². The Kier molecular flexibility index (Phi) is 5.22. The molecule has 2 N–H and O–H groups in total. The number of rotatable bonds is 5. The van der Waals surface area contributed by atoms with E-state index in [2.05, 4.69) is 26.6 Å². The minimum absolute atomic E-state index is 0.0660. The van der Waals surface area contributed by atoms with Gasteiger partial charge in [-0.3, -0.25) is 4.79 Å². The first-order valence-corrected chi connectivity index (χ1v) is 7.35. The molecular weight excluding hydrogens is 308 g/mol. The van der Waals surface area contributed by atoms with Gasteiger partial charge in [-0.1, -0.05) is 0 Å². The molecule has 0 aromatic heterocycles. The minimum Gasteiger partial charge on any atom is -0.497 e. The zero-order chi connectivity index (χ0) is 13.7. The molecule has 1 aromatic carbocycles. The van der Waals surface area contributed by atoms with Crippen molar-refractivity contribution in [3.63, 3.8) is 0 Å². The second kappa shape index (κ2) is 6.91. The molecule has 1 amide bonds. The number of carbonyl (C=O) groups is 1. The molecule has 19 heavy (non-hydrogen) atoms. The lowest BCUT2D eigenvalue weighted by Crippen LogP contribution is -2.30. The maximum atomic E-state index is 12.1. The predicted molar refractivity (Wildman–Crippen MR) is 78.7 cm³/mol. The van der Waals surface area contributed by atoms with E-state index in [4.69, 9.17) is 4.74 Å². The summed E-state index contributed by atoms with van der Waals surface area (Å²) in [4.78, 5) is 12.1. The van der Waals surface area contributed by atoms with E-state index in [-0.39, 0.29) is 5.91 Å². The molecule has 0 bridgehead atoms. The third-order valence-corrected chi connectivity index (χ3v) is 4.05. The van der Waals surface area contributed by atoms with Gasteiger partial charge < -0.3 is 15.4 Å². The van der Waals surface area contributed by atoms with Crippen molar-refractivity contribution < 1.29 is 9.53 Å². The largest absolute Gasteiger partial charge is 0.497 e. The standard InChI is InChI=1S/C14H19BrN2O2/c1-19-11-4-5-13(15)12(9-11)14(18)17-8-6-10-3-2-7-16-10/h4-5,9-10,16H,2-3,6-8H2,1H3,(H,17,18). The van der Waals surface area contributed by atoms with Crippen LogP contribution < -0.4 is 15.4 Å². The average molecular weight is 327 g/mol. The lowest BCUT2D eigenvalue weighted by Gasteiger charge is -2.12. The molecule has 1 saturated heterocycles. The summed E-state index contributed by atoms with van der Waals surface area (Å²) in [6, 6.07) is 5.94. The third kappa shape index (κ3) is 3.94. The van der Waals surface area contributed by atoms with E-state index in [1.807, 2.05) is 12.1 Å². The van der Waals surface area contributed by atoms with Gasteiger partial charge in [0.1, 0.15) is 5.75 Å². The number of benzene rings is 1. The van der Waals surface area contributed by atoms with Gasteiger partial charge in [0, 0.05) is 17.1 Å². The SMILES string of the molecule is COc1ccc(Br)c(C(=O)NCCC2CCCN2)c1. The van der Waals surface area contributed by atoms with Crippen molar-refractivity contribution in [1.82, 2.24) is 10.6 Å². The number of ether oxygens (including phenoxy) is 1. The second-order valence-corrected chi connectivity index (χ2v) is 5.54. The fraction of sp³-hybridized carbons (Fsp3) is 0.500. The lowest BCUT2D eigenvalue weighted by molar-refractivity contribution is 0.0951. The molecule has 1 atom stereocenters. The van der Waals surface area contributed by atoms with E-state index in [1.165, 1.54) is 12.8 Å². The Balaban J connectivity index is 1.88. The van der Waals surface area contributed by atoms with Crippen molar-refractivity contribution >= 4 is 21.8 Å². The van der Waals surface area contributed by atoms with Crippen LogP contribution in [0.1, 0.15) is 29.6 Å². The number of carbonyl (C=O) groups excluding carboxylic acids is 1. The van der Waals surface area contributed by atoms with E-state index in [9.17, 15) is 4.79 Å². The van der Waals surface area contributed by atoms with Crippen LogP contribution in [0.3, 0.4) is 0 Å². The fourth-order valence-corrected chi connectivity index (χ4v) is 2.69. The van der Waals surface area contributed by atoms with Crippen LogP contribution in [0, 0.1) is 0 Å². The molecule has 104 valence electrons. The number of nitrogens with one attached hydrogen (secondary N) is 2. The first-order valence-electron chi connectivity index (χ1n) is 6.56. The van der Waals surface area contributed by atoms with Crippen LogP contribution in [0.5, 0.6) is 5.75 Å². The van der Waals surface area contributed by atoms with Crippen molar-refractivity contribution in [3.05, 3.63) is 28.2 Å². The van der Waals surface area contributed by atoms with Crippen LogP contribution in [-0.4, -0.2) is 32.1 Å². The van der Waals surface area contributed by atoms with Gasteiger partial charge in [-0.05, 0) is 59.9 Å². The van der Waals surface area contributed by atoms with E-state index in [1.54, 1.807) is 13.2 Å². The van der Waals surface area contributed by atoms with Crippen LogP contribution in [0.15, 0.2) is 22.7 Å². The molecule has 1 unspecified atom stereocenters. The highest BCUT2D eigenvalue weighted by molar-refractivity contribution is 9.10. The number of hydrogen-bond donors (Lipinski definition) is 2. The Morgan fingerprint density at radius 3 is 3.11 bits per heavy atom. The number of hydrogen-bond acceptors (Lipinski definition) is 3. The summed E-state index contributed by atoms with van der Waals surface area (Å²) >= 11 is 3.39. The van der Waals surface area contributed by atoms with Gasteiger partial charge in [0.05, 0.1) is 12.7 Å². The molecule has 0 saturated carbocycles. The van der Waals surface area contributed by atoms with Crippen LogP contribution in [0.25, 0.3) is 0 Å². The molecule has 2 rings (SSSR count). The number of amides is 1. The van der Waals surface area contributed by atoms with Crippen LogP contribution in [0.2, 0.25) is 0 Å². The van der Waals surface area contributed by atoms with Gasteiger partial charge in [0.25, 0.3) is 5.91 Å². The van der Waals surface area contributed by atoms with Gasteiger partial charge in [-0.2, -0.15) is 0 Å². The molecule has 0 aliphatic carbocycles. The predicted octanol–water partition coefficient (Wildman–Crippen LogP) is 2.33. The molecule has 0 spiro atoms. The molecule has 1 aromatic rings. The Bertz CT molecular complexity index is 445. The Hall–Kier alpha value is -1.07. The van der Waals surface area contributed by atoms with Gasteiger partial charge in [0.2, 0.25) is 0 Å². The lowest BCUT2D eigenvalue weighted by atomic mass is 10.1. The number of methoxy groups -OCH3 is 1. The maximum Gasteiger partial charge on any atom is 0.252 e. The maximum absolute atomic E-state index is 12.1. The molecule has 1 heterocycles. The van der Waals surface area contributed by atoms with Crippen molar-refractivity contribution in [2.24, 2.45) is 0 Å². The Morgan fingerprint density at radius 2 is 2.42 bits per heavy atom. The van der Waals surface area contributed by atoms with E-state index >= 15 is 0 Å². The van der Waals surface area contributed by atoms with Crippen LogP contribution in [0.4, 0.5) is 0 Å². The summed E-state index contributed by atoms with van der Waals surface area (Å²) in [6.45, 7) is 1.79. The van der Waals surface area contributed by atoms with Crippen molar-refractivity contribution in [2.45, 2.75) is 25.3 Å². The Morgan fingerprint density at radius 1 is 1.58 bits per heavy atom. The highest BCUT2D eigenvalue weighted by atomic mass is 79.9. The molecule has 0 radical (unpaired) electrons. The van der Waals surface area contributed by atoms with Crippen molar-refractivity contribution in [1.29, 1.82) is 0 Å². The third-order valence-electron chi connectivity index (χ3n) is 3.36. The fourth-order valence-electron chi connectivity index (χ4n) is 2.26. The van der Waals surface area contributed by atoms with Crippen LogP contribution >= 0.6 is 15.9 Å². The van der Waals surface area contributed by atoms with Crippen molar-refractivity contribution in [3.8, 4) is 5.75 Å². The number of halogens is 1. The average Bonchev–Trinajstić information content (AvgIpc) is 2.92. The first-order chi connectivity index (χ1) is 9.20. The zero-order valence-electron chi connectivity index (χ0n) is 11.0. The topological polar surface area (TPSA) is 50.4 Å². The second-order valence-electron chi connectivity index (χ2n) is 4.68.